The van der Waals surface area contributed by atoms with Crippen molar-refractivity contribution in [1.82, 2.24) is 14.9 Å². The summed E-state index contributed by atoms with van der Waals surface area (Å²) in [6.45, 7) is 8.42. The Balaban J connectivity index is 0.00000529. The Labute approximate surface area is 163 Å². The van der Waals surface area contributed by atoms with Crippen molar-refractivity contribution in [1.29, 1.82) is 0 Å². The number of nitrogens with zero attached hydrogens (tertiary/aromatic N) is 2. The summed E-state index contributed by atoms with van der Waals surface area (Å²) in [6, 6.07) is 0.227. The van der Waals surface area contributed by atoms with E-state index in [1.807, 2.05) is 20.8 Å². The zero-order valence-electron chi connectivity index (χ0n) is 15.0. The first kappa shape index (κ1) is 23.9. The third kappa shape index (κ3) is 8.30. The molecule has 24 heavy (non-hydrogen) atoms. The lowest BCUT2D eigenvalue weighted by molar-refractivity contribution is 0.241. The molecule has 0 saturated carbocycles. The summed E-state index contributed by atoms with van der Waals surface area (Å²) in [6.07, 6.45) is 2.21. The van der Waals surface area contributed by atoms with Gasteiger partial charge in [0.2, 0.25) is 10.0 Å². The summed E-state index contributed by atoms with van der Waals surface area (Å²) >= 11 is 0. The highest BCUT2D eigenvalue weighted by atomic mass is 127. The van der Waals surface area contributed by atoms with Crippen LogP contribution in [0, 0.1) is 5.92 Å². The summed E-state index contributed by atoms with van der Waals surface area (Å²) in [5, 5.41) is 15.6. The molecule has 0 bridgehead atoms. The van der Waals surface area contributed by atoms with E-state index in [4.69, 9.17) is 5.11 Å². The fraction of sp³-hybridized carbons (Fsp3) is 0.933. The van der Waals surface area contributed by atoms with Crippen LogP contribution in [0.2, 0.25) is 0 Å². The van der Waals surface area contributed by atoms with Gasteiger partial charge in [-0.15, -0.1) is 24.0 Å². The maximum Gasteiger partial charge on any atom is 0.214 e. The molecule has 1 atom stereocenters. The quantitative estimate of drug-likeness (QED) is 0.276. The molecule has 1 rings (SSSR count). The molecular formula is C15H33IN4O3S. The zero-order chi connectivity index (χ0) is 17.3. The van der Waals surface area contributed by atoms with Crippen LogP contribution in [0.3, 0.4) is 0 Å². The molecule has 1 aliphatic heterocycles. The molecule has 7 nitrogen and oxygen atoms in total. The SMILES string of the molecule is CCCS(=O)(=O)N1CCC(NC(=NCC(C)CO)NCC)CC1.I. The molecule has 0 aromatic heterocycles. The summed E-state index contributed by atoms with van der Waals surface area (Å²) in [7, 11) is -3.09. The largest absolute Gasteiger partial charge is 0.396 e. The molecule has 0 aromatic carbocycles. The highest BCUT2D eigenvalue weighted by molar-refractivity contribution is 14.0. The van der Waals surface area contributed by atoms with Crippen LogP contribution in [0.1, 0.15) is 40.0 Å². The second-order valence-corrected chi connectivity index (χ2v) is 8.23. The number of hydrogen-bond acceptors (Lipinski definition) is 4. The van der Waals surface area contributed by atoms with E-state index in [9.17, 15) is 8.42 Å². The molecule has 0 amide bonds. The first-order chi connectivity index (χ1) is 10.9. The van der Waals surface area contributed by atoms with E-state index >= 15 is 0 Å². The van der Waals surface area contributed by atoms with Crippen LogP contribution >= 0.6 is 24.0 Å². The van der Waals surface area contributed by atoms with Crippen molar-refractivity contribution in [3.63, 3.8) is 0 Å². The highest BCUT2D eigenvalue weighted by Gasteiger charge is 2.27. The lowest BCUT2D eigenvalue weighted by Gasteiger charge is -2.32. The maximum atomic E-state index is 12.1. The molecule has 144 valence electrons. The van der Waals surface area contributed by atoms with Crippen molar-refractivity contribution < 1.29 is 13.5 Å². The topological polar surface area (TPSA) is 94.0 Å². The van der Waals surface area contributed by atoms with Crippen molar-refractivity contribution in [2.45, 2.75) is 46.1 Å². The average molecular weight is 476 g/mol. The van der Waals surface area contributed by atoms with Gasteiger partial charge in [0, 0.05) is 38.8 Å². The van der Waals surface area contributed by atoms with E-state index in [0.717, 1.165) is 25.3 Å². The van der Waals surface area contributed by atoms with Gasteiger partial charge in [-0.3, -0.25) is 4.99 Å². The van der Waals surface area contributed by atoms with Gasteiger partial charge < -0.3 is 15.7 Å². The van der Waals surface area contributed by atoms with Gasteiger partial charge in [-0.2, -0.15) is 0 Å². The molecule has 0 aromatic rings. The number of aliphatic hydroxyl groups is 1. The van der Waals surface area contributed by atoms with Gasteiger partial charge in [-0.05, 0) is 32.1 Å². The minimum atomic E-state index is -3.09. The Bertz CT molecular complexity index is 465. The van der Waals surface area contributed by atoms with Crippen LogP contribution in [0.25, 0.3) is 0 Å². The summed E-state index contributed by atoms with van der Waals surface area (Å²) < 4.78 is 25.8. The van der Waals surface area contributed by atoms with Gasteiger partial charge in [0.15, 0.2) is 5.96 Å². The van der Waals surface area contributed by atoms with Gasteiger partial charge in [-0.1, -0.05) is 13.8 Å². The molecule has 9 heteroatoms. The molecule has 1 fully saturated rings. The Hall–Kier alpha value is -0.130. The van der Waals surface area contributed by atoms with E-state index in [0.29, 0.717) is 26.1 Å². The second-order valence-electron chi connectivity index (χ2n) is 6.14. The number of rotatable bonds is 8. The van der Waals surface area contributed by atoms with E-state index in [1.54, 1.807) is 4.31 Å². The van der Waals surface area contributed by atoms with E-state index in [-0.39, 0.29) is 48.3 Å². The molecule has 0 aliphatic carbocycles. The molecule has 0 spiro atoms. The van der Waals surface area contributed by atoms with Gasteiger partial charge >= 0.3 is 0 Å². The predicted molar refractivity (Wildman–Crippen MR) is 109 cm³/mol. The van der Waals surface area contributed by atoms with E-state index in [2.05, 4.69) is 15.6 Å². The monoisotopic (exact) mass is 476 g/mol. The smallest absolute Gasteiger partial charge is 0.214 e. The third-order valence-electron chi connectivity index (χ3n) is 3.87. The Morgan fingerprint density at radius 1 is 1.33 bits per heavy atom. The number of hydrogen-bond donors (Lipinski definition) is 3. The van der Waals surface area contributed by atoms with Gasteiger partial charge in [0.1, 0.15) is 0 Å². The normalized spacial score (nSPS) is 18.8. The summed E-state index contributed by atoms with van der Waals surface area (Å²) in [5.74, 6) is 1.10. The van der Waals surface area contributed by atoms with Crippen LogP contribution in [-0.4, -0.2) is 68.4 Å². The number of halogens is 1. The second kappa shape index (κ2) is 12.3. The number of nitrogens with one attached hydrogen (secondary N) is 2. The molecule has 1 heterocycles. The number of sulfonamides is 1. The third-order valence-corrected chi connectivity index (χ3v) is 5.94. The molecule has 1 saturated heterocycles. The molecule has 1 unspecified atom stereocenters. The van der Waals surface area contributed by atoms with Crippen molar-refractivity contribution in [2.75, 3.05) is 38.5 Å². The lowest BCUT2D eigenvalue weighted by atomic mass is 10.1. The first-order valence-electron chi connectivity index (χ1n) is 8.56. The van der Waals surface area contributed by atoms with Gasteiger partial charge in [-0.25, -0.2) is 12.7 Å². The molecule has 1 aliphatic rings. The Morgan fingerprint density at radius 2 is 1.96 bits per heavy atom. The number of guanidine groups is 1. The number of aliphatic imine (C=N–C) groups is 1. The Kier molecular flexibility index (Phi) is 12.2. The van der Waals surface area contributed by atoms with Crippen LogP contribution < -0.4 is 10.6 Å². The van der Waals surface area contributed by atoms with Crippen molar-refractivity contribution in [3.8, 4) is 0 Å². The van der Waals surface area contributed by atoms with E-state index in [1.165, 1.54) is 0 Å². The Morgan fingerprint density at radius 3 is 2.46 bits per heavy atom. The highest BCUT2D eigenvalue weighted by Crippen LogP contribution is 2.15. The fourth-order valence-electron chi connectivity index (χ4n) is 2.48. The minimum Gasteiger partial charge on any atom is -0.396 e. The van der Waals surface area contributed by atoms with Crippen LogP contribution in [0.15, 0.2) is 4.99 Å². The standard InChI is InChI=1S/C15H32N4O3S.HI/c1-4-10-23(21,22)19-8-6-14(7-9-19)18-15(16-5-2)17-11-13(3)12-20;/h13-14,20H,4-12H2,1-3H3,(H2,16,17,18);1H. The molecule has 3 N–H and O–H groups in total. The minimum absolute atomic E-state index is 0. The predicted octanol–water partition coefficient (Wildman–Crippen LogP) is 0.992. The first-order valence-corrected chi connectivity index (χ1v) is 10.2. The maximum absolute atomic E-state index is 12.1. The fourth-order valence-corrected chi connectivity index (χ4v) is 4.02. The lowest BCUT2D eigenvalue weighted by Crippen LogP contribution is -2.50. The van der Waals surface area contributed by atoms with Crippen molar-refractivity contribution in [2.24, 2.45) is 10.9 Å². The molecule has 0 radical (unpaired) electrons. The van der Waals surface area contributed by atoms with Crippen LogP contribution in [0.5, 0.6) is 0 Å². The van der Waals surface area contributed by atoms with Crippen LogP contribution in [-0.2, 0) is 10.0 Å². The van der Waals surface area contributed by atoms with Gasteiger partial charge in [0.05, 0.1) is 5.75 Å². The van der Waals surface area contributed by atoms with Crippen molar-refractivity contribution in [3.05, 3.63) is 0 Å². The zero-order valence-corrected chi connectivity index (χ0v) is 18.1. The average Bonchev–Trinajstić information content (AvgIpc) is 2.53. The van der Waals surface area contributed by atoms with Gasteiger partial charge in [0.25, 0.3) is 0 Å². The summed E-state index contributed by atoms with van der Waals surface area (Å²) in [4.78, 5) is 4.48. The molecular weight excluding hydrogens is 443 g/mol. The number of aliphatic hydroxyl groups excluding tert-OH is 1. The van der Waals surface area contributed by atoms with E-state index < -0.39 is 10.0 Å². The van der Waals surface area contributed by atoms with Crippen LogP contribution in [0.4, 0.5) is 0 Å². The summed E-state index contributed by atoms with van der Waals surface area (Å²) in [5.41, 5.74) is 0. The number of piperidine rings is 1. The van der Waals surface area contributed by atoms with Crippen molar-refractivity contribution >= 4 is 40.0 Å².